The minimum absolute atomic E-state index is 0.0312. The van der Waals surface area contributed by atoms with Crippen molar-refractivity contribution in [1.82, 2.24) is 9.55 Å². The first-order valence-electron chi connectivity index (χ1n) is 8.91. The Bertz CT molecular complexity index is 1180. The zero-order chi connectivity index (χ0) is 21.3. The van der Waals surface area contributed by atoms with E-state index in [1.807, 2.05) is 20.8 Å². The predicted molar refractivity (Wildman–Crippen MR) is 116 cm³/mol. The first-order valence-corrected chi connectivity index (χ1v) is 10.7. The van der Waals surface area contributed by atoms with Crippen molar-refractivity contribution >= 4 is 50.6 Å². The van der Waals surface area contributed by atoms with Crippen molar-refractivity contribution in [2.24, 2.45) is 0 Å². The number of nitrogens with one attached hydrogen (secondary N) is 1. The molecule has 0 aliphatic rings. The third-order valence-electron chi connectivity index (χ3n) is 4.68. The number of amides is 1. The van der Waals surface area contributed by atoms with E-state index in [1.165, 1.54) is 35.2 Å². The number of thiophene rings is 1. The topological polar surface area (TPSA) is 107 Å². The van der Waals surface area contributed by atoms with Gasteiger partial charge in [-0.25, -0.2) is 4.98 Å². The van der Waals surface area contributed by atoms with Crippen LogP contribution in [0.25, 0.3) is 10.2 Å². The Labute approximate surface area is 175 Å². The van der Waals surface area contributed by atoms with E-state index in [4.69, 9.17) is 0 Å². The molecule has 0 radical (unpaired) electrons. The predicted octanol–water partition coefficient (Wildman–Crippen LogP) is 4.04. The number of nitrogens with zero attached hydrogens (tertiary/aromatic N) is 3. The number of fused-ring (bicyclic) bond motifs is 1. The van der Waals surface area contributed by atoms with Gasteiger partial charge in [0.15, 0.2) is 5.16 Å². The van der Waals surface area contributed by atoms with Crippen LogP contribution in [0, 0.1) is 30.9 Å². The second-order valence-electron chi connectivity index (χ2n) is 6.45. The van der Waals surface area contributed by atoms with Gasteiger partial charge in [-0.1, -0.05) is 17.8 Å². The molecule has 0 fully saturated rings. The zero-order valence-electron chi connectivity index (χ0n) is 16.4. The fourth-order valence-corrected chi connectivity index (χ4v) is 4.90. The maximum Gasteiger partial charge on any atom is 0.274 e. The van der Waals surface area contributed by atoms with Gasteiger partial charge in [-0.05, 0) is 39.3 Å². The normalized spacial score (nSPS) is 11.0. The molecule has 2 heterocycles. The molecule has 1 aromatic carbocycles. The molecule has 0 bridgehead atoms. The van der Waals surface area contributed by atoms with Crippen LogP contribution in [0.2, 0.25) is 0 Å². The highest BCUT2D eigenvalue weighted by Gasteiger charge is 2.18. The van der Waals surface area contributed by atoms with E-state index in [0.29, 0.717) is 33.2 Å². The molecule has 0 spiro atoms. The summed E-state index contributed by atoms with van der Waals surface area (Å²) in [5.41, 5.74) is 1.58. The molecule has 2 aromatic heterocycles. The number of carbonyl (C=O) groups excluding carboxylic acids is 1. The lowest BCUT2D eigenvalue weighted by atomic mass is 10.1. The number of carbonyl (C=O) groups is 1. The van der Waals surface area contributed by atoms with Crippen LogP contribution in [0.15, 0.2) is 28.2 Å². The summed E-state index contributed by atoms with van der Waals surface area (Å²) in [6.45, 7) is 7.77. The quantitative estimate of drug-likeness (QED) is 0.273. The van der Waals surface area contributed by atoms with Gasteiger partial charge in [0.05, 0.1) is 27.3 Å². The Kier molecular flexibility index (Phi) is 6.04. The summed E-state index contributed by atoms with van der Waals surface area (Å²) >= 11 is 2.64. The van der Waals surface area contributed by atoms with E-state index in [0.717, 1.165) is 10.4 Å². The van der Waals surface area contributed by atoms with Crippen LogP contribution in [0.1, 0.15) is 22.9 Å². The fraction of sp³-hybridized carbons (Fsp3) is 0.316. The van der Waals surface area contributed by atoms with Gasteiger partial charge >= 0.3 is 0 Å². The smallest absolute Gasteiger partial charge is 0.274 e. The zero-order valence-corrected chi connectivity index (χ0v) is 18.1. The first kappa shape index (κ1) is 21.0. The Balaban J connectivity index is 1.82. The molecule has 0 atom stereocenters. The Hall–Kier alpha value is -2.72. The molecule has 0 unspecified atom stereocenters. The molecule has 1 amide bonds. The van der Waals surface area contributed by atoms with E-state index in [1.54, 1.807) is 17.6 Å². The summed E-state index contributed by atoms with van der Waals surface area (Å²) in [6, 6.07) is 4.54. The van der Waals surface area contributed by atoms with Crippen LogP contribution in [-0.2, 0) is 11.3 Å². The number of hydrogen-bond donors (Lipinski definition) is 1. The number of hydrogen-bond acceptors (Lipinski definition) is 7. The van der Waals surface area contributed by atoms with Crippen molar-refractivity contribution < 1.29 is 9.72 Å². The van der Waals surface area contributed by atoms with E-state index < -0.39 is 4.92 Å². The highest BCUT2D eigenvalue weighted by molar-refractivity contribution is 7.99. The van der Waals surface area contributed by atoms with E-state index in [-0.39, 0.29) is 22.9 Å². The van der Waals surface area contributed by atoms with Gasteiger partial charge in [0.1, 0.15) is 4.83 Å². The number of aryl methyl sites for hydroxylation is 2. The average molecular weight is 433 g/mol. The summed E-state index contributed by atoms with van der Waals surface area (Å²) in [4.78, 5) is 42.2. The molecule has 29 heavy (non-hydrogen) atoms. The monoisotopic (exact) mass is 432 g/mol. The lowest BCUT2D eigenvalue weighted by Crippen LogP contribution is -2.23. The second-order valence-corrected chi connectivity index (χ2v) is 8.60. The number of nitro groups is 1. The van der Waals surface area contributed by atoms with E-state index >= 15 is 0 Å². The lowest BCUT2D eigenvalue weighted by Gasteiger charge is -2.11. The minimum atomic E-state index is -0.482. The van der Waals surface area contributed by atoms with Crippen LogP contribution in [0.4, 0.5) is 11.4 Å². The van der Waals surface area contributed by atoms with Crippen LogP contribution in [-0.4, -0.2) is 26.1 Å². The molecule has 8 nitrogen and oxygen atoms in total. The Morgan fingerprint density at radius 2 is 2.03 bits per heavy atom. The van der Waals surface area contributed by atoms with Gasteiger partial charge in [0.2, 0.25) is 5.91 Å². The Morgan fingerprint density at radius 1 is 1.31 bits per heavy atom. The minimum Gasteiger partial charge on any atom is -0.325 e. The number of aromatic nitrogens is 2. The maximum atomic E-state index is 12.8. The summed E-state index contributed by atoms with van der Waals surface area (Å²) in [6.07, 6.45) is 0. The van der Waals surface area contributed by atoms with Crippen LogP contribution < -0.4 is 10.9 Å². The maximum absolute atomic E-state index is 12.8. The molecule has 0 saturated carbocycles. The van der Waals surface area contributed by atoms with Gasteiger partial charge in [-0.15, -0.1) is 11.3 Å². The third kappa shape index (κ3) is 4.03. The summed E-state index contributed by atoms with van der Waals surface area (Å²) < 4.78 is 1.57. The van der Waals surface area contributed by atoms with Crippen LogP contribution in [0.5, 0.6) is 0 Å². The van der Waals surface area contributed by atoms with Crippen molar-refractivity contribution in [2.75, 3.05) is 11.1 Å². The Morgan fingerprint density at radius 3 is 2.69 bits per heavy atom. The number of anilines is 1. The summed E-state index contributed by atoms with van der Waals surface area (Å²) in [7, 11) is 0. The molecular formula is C19H20N4O4S2. The van der Waals surface area contributed by atoms with Crippen molar-refractivity contribution in [2.45, 2.75) is 39.4 Å². The second kappa shape index (κ2) is 8.34. The highest BCUT2D eigenvalue weighted by atomic mass is 32.2. The van der Waals surface area contributed by atoms with Gasteiger partial charge in [-0.2, -0.15) is 0 Å². The van der Waals surface area contributed by atoms with Crippen molar-refractivity contribution in [3.8, 4) is 0 Å². The van der Waals surface area contributed by atoms with Crippen LogP contribution >= 0.6 is 23.1 Å². The summed E-state index contributed by atoms with van der Waals surface area (Å²) in [5, 5.41) is 14.9. The first-order chi connectivity index (χ1) is 13.7. The van der Waals surface area contributed by atoms with Crippen molar-refractivity contribution in [3.63, 3.8) is 0 Å². The lowest BCUT2D eigenvalue weighted by molar-refractivity contribution is -0.385. The summed E-state index contributed by atoms with van der Waals surface area (Å²) in [5.74, 6) is -0.294. The van der Waals surface area contributed by atoms with Gasteiger partial charge in [-0.3, -0.25) is 24.3 Å². The molecule has 10 heteroatoms. The van der Waals surface area contributed by atoms with Gasteiger partial charge < -0.3 is 5.32 Å². The van der Waals surface area contributed by atoms with Crippen molar-refractivity contribution in [3.05, 3.63) is 54.7 Å². The number of rotatable bonds is 6. The molecule has 0 saturated heterocycles. The van der Waals surface area contributed by atoms with Crippen LogP contribution in [0.3, 0.4) is 0 Å². The average Bonchev–Trinajstić information content (AvgIpc) is 2.95. The number of benzene rings is 1. The van der Waals surface area contributed by atoms with Gasteiger partial charge in [0.25, 0.3) is 11.2 Å². The SMILES string of the molecule is CCn1c(SCC(=O)Nc2cccc([N+](=O)[O-])c2C)nc2sc(C)c(C)c2c1=O. The largest absolute Gasteiger partial charge is 0.325 e. The molecule has 3 rings (SSSR count). The number of nitro benzene ring substituents is 1. The van der Waals surface area contributed by atoms with E-state index in [9.17, 15) is 19.7 Å². The molecule has 3 aromatic rings. The molecule has 152 valence electrons. The molecule has 0 aliphatic carbocycles. The highest BCUT2D eigenvalue weighted by Crippen LogP contribution is 2.29. The standard InChI is InChI=1S/C19H20N4O4S2/c1-5-22-18(25)16-10(2)12(4)29-17(16)21-19(22)28-9-15(24)20-13-7-6-8-14(11(13)3)23(26)27/h6-8H,5,9H2,1-4H3,(H,20,24). The van der Waals surface area contributed by atoms with Crippen molar-refractivity contribution in [1.29, 1.82) is 0 Å². The molecule has 0 aliphatic heterocycles. The van der Waals surface area contributed by atoms with Gasteiger partial charge in [0, 0.05) is 17.5 Å². The third-order valence-corrected chi connectivity index (χ3v) is 6.76. The van der Waals surface area contributed by atoms with E-state index in [2.05, 4.69) is 10.3 Å². The fourth-order valence-electron chi connectivity index (χ4n) is 2.97. The molecule has 1 N–H and O–H groups in total. The number of thioether (sulfide) groups is 1. The molecular weight excluding hydrogens is 412 g/mol.